The molecule has 2 atom stereocenters. The van der Waals surface area contributed by atoms with E-state index in [1.807, 2.05) is 41.8 Å². The van der Waals surface area contributed by atoms with E-state index in [0.29, 0.717) is 4.88 Å². The molecule has 3 aromatic rings. The van der Waals surface area contributed by atoms with Crippen molar-refractivity contribution in [1.82, 2.24) is 14.7 Å². The van der Waals surface area contributed by atoms with Crippen LogP contribution in [-0.2, 0) is 14.2 Å². The van der Waals surface area contributed by atoms with Crippen LogP contribution in [0.3, 0.4) is 0 Å². The topological polar surface area (TPSA) is 83.3 Å². The van der Waals surface area contributed by atoms with Crippen molar-refractivity contribution in [3.63, 3.8) is 0 Å². The number of aryl methyl sites for hydroxylation is 1. The Labute approximate surface area is 178 Å². The van der Waals surface area contributed by atoms with Gasteiger partial charge in [0, 0.05) is 31.7 Å². The quantitative estimate of drug-likeness (QED) is 0.582. The number of fused-ring (bicyclic) bond motifs is 1. The van der Waals surface area contributed by atoms with Crippen LogP contribution in [0.2, 0.25) is 0 Å². The number of ether oxygens (including phenoxy) is 4. The summed E-state index contributed by atoms with van der Waals surface area (Å²) in [6, 6.07) is 7.71. The van der Waals surface area contributed by atoms with Crippen LogP contribution in [0.5, 0.6) is 5.75 Å². The van der Waals surface area contributed by atoms with Crippen LogP contribution in [0.15, 0.2) is 42.6 Å². The van der Waals surface area contributed by atoms with Crippen LogP contribution in [0.4, 0.5) is 0 Å². The number of rotatable bonds is 7. The fourth-order valence-corrected chi connectivity index (χ4v) is 4.29. The minimum Gasteiger partial charge on any atom is -0.497 e. The number of imidazole rings is 1. The highest BCUT2D eigenvalue weighted by Crippen LogP contribution is 2.29. The molecule has 0 saturated heterocycles. The predicted octanol–water partition coefficient (Wildman–Crippen LogP) is 3.01. The van der Waals surface area contributed by atoms with Crippen LogP contribution in [0.1, 0.15) is 15.4 Å². The average molecular weight is 429 g/mol. The minimum absolute atomic E-state index is 0.162. The van der Waals surface area contributed by atoms with Crippen LogP contribution >= 0.6 is 11.3 Å². The standard InChI is InChI=1S/C21H23N3O5S/c1-13-18(19(25)22-12-21(28-4)10-9-17(27-3)29-21)30-20-23-16(11-24(13)20)14-5-7-15(26-2)8-6-14/h5-11,17H,12H2,1-4H3,(H,22,25). The monoisotopic (exact) mass is 429 g/mol. The van der Waals surface area contributed by atoms with Crippen molar-refractivity contribution in [3.8, 4) is 17.0 Å². The van der Waals surface area contributed by atoms with E-state index < -0.39 is 12.1 Å². The van der Waals surface area contributed by atoms with Crippen LogP contribution in [-0.4, -0.2) is 55.2 Å². The smallest absolute Gasteiger partial charge is 0.263 e. The number of nitrogens with zero attached hydrogens (tertiary/aromatic N) is 2. The first-order valence-electron chi connectivity index (χ1n) is 9.35. The summed E-state index contributed by atoms with van der Waals surface area (Å²) in [4.78, 5) is 18.8. The van der Waals surface area contributed by atoms with Crippen LogP contribution in [0.25, 0.3) is 16.2 Å². The molecular formula is C21H23N3O5S. The van der Waals surface area contributed by atoms with Crippen molar-refractivity contribution in [2.45, 2.75) is 19.0 Å². The first-order chi connectivity index (χ1) is 14.5. The Hall–Kier alpha value is -2.72. The van der Waals surface area contributed by atoms with Gasteiger partial charge in [-0.15, -0.1) is 0 Å². The number of amides is 1. The number of carbonyl (C=O) groups excluding carboxylic acids is 1. The van der Waals surface area contributed by atoms with Gasteiger partial charge in [0.1, 0.15) is 10.6 Å². The molecule has 9 heteroatoms. The van der Waals surface area contributed by atoms with E-state index in [1.165, 1.54) is 18.4 Å². The average Bonchev–Trinajstić information content (AvgIpc) is 3.47. The fraction of sp³-hybridized carbons (Fsp3) is 0.333. The molecule has 1 amide bonds. The summed E-state index contributed by atoms with van der Waals surface area (Å²) in [6.45, 7) is 2.06. The number of thiazole rings is 1. The molecule has 0 fully saturated rings. The molecular weight excluding hydrogens is 406 g/mol. The van der Waals surface area contributed by atoms with Gasteiger partial charge in [0.15, 0.2) is 11.3 Å². The molecule has 1 aliphatic heterocycles. The van der Waals surface area contributed by atoms with Crippen molar-refractivity contribution >= 4 is 22.2 Å². The maximum Gasteiger partial charge on any atom is 0.263 e. The molecule has 8 nitrogen and oxygen atoms in total. The van der Waals surface area contributed by atoms with Crippen molar-refractivity contribution in [1.29, 1.82) is 0 Å². The van der Waals surface area contributed by atoms with Crippen molar-refractivity contribution in [2.24, 2.45) is 0 Å². The molecule has 0 radical (unpaired) electrons. The van der Waals surface area contributed by atoms with E-state index in [2.05, 4.69) is 10.3 Å². The molecule has 158 valence electrons. The second-order valence-corrected chi connectivity index (χ2v) is 7.78. The molecule has 0 bridgehead atoms. The molecule has 2 unspecified atom stereocenters. The Morgan fingerprint density at radius 1 is 1.30 bits per heavy atom. The number of aromatic nitrogens is 2. The summed E-state index contributed by atoms with van der Waals surface area (Å²) < 4.78 is 23.4. The molecule has 2 aromatic heterocycles. The van der Waals surface area contributed by atoms with E-state index in [0.717, 1.165) is 27.7 Å². The van der Waals surface area contributed by atoms with Gasteiger partial charge in [0.2, 0.25) is 5.79 Å². The predicted molar refractivity (Wildman–Crippen MR) is 113 cm³/mol. The molecule has 30 heavy (non-hydrogen) atoms. The Morgan fingerprint density at radius 2 is 2.07 bits per heavy atom. The summed E-state index contributed by atoms with van der Waals surface area (Å²) in [7, 11) is 4.71. The second-order valence-electron chi connectivity index (χ2n) is 6.80. The summed E-state index contributed by atoms with van der Waals surface area (Å²) in [5.41, 5.74) is 2.65. The Morgan fingerprint density at radius 3 is 2.67 bits per heavy atom. The van der Waals surface area contributed by atoms with Gasteiger partial charge in [-0.25, -0.2) is 4.98 Å². The molecule has 1 aromatic carbocycles. The highest BCUT2D eigenvalue weighted by molar-refractivity contribution is 7.19. The summed E-state index contributed by atoms with van der Waals surface area (Å²) in [5.74, 6) is -0.451. The molecule has 0 aliphatic carbocycles. The molecule has 1 aliphatic rings. The van der Waals surface area contributed by atoms with E-state index >= 15 is 0 Å². The number of methoxy groups -OCH3 is 3. The third kappa shape index (κ3) is 3.72. The van der Waals surface area contributed by atoms with Gasteiger partial charge in [0.05, 0.1) is 19.3 Å². The lowest BCUT2D eigenvalue weighted by atomic mass is 10.2. The zero-order chi connectivity index (χ0) is 21.3. The summed E-state index contributed by atoms with van der Waals surface area (Å²) >= 11 is 1.34. The lowest BCUT2D eigenvalue weighted by molar-refractivity contribution is -0.238. The number of hydrogen-bond acceptors (Lipinski definition) is 7. The lowest BCUT2D eigenvalue weighted by Gasteiger charge is -2.27. The van der Waals surface area contributed by atoms with Gasteiger partial charge in [-0.1, -0.05) is 11.3 Å². The lowest BCUT2D eigenvalue weighted by Crippen LogP contribution is -2.44. The van der Waals surface area contributed by atoms with E-state index in [9.17, 15) is 4.79 Å². The largest absolute Gasteiger partial charge is 0.497 e. The van der Waals surface area contributed by atoms with Crippen LogP contribution < -0.4 is 10.1 Å². The van der Waals surface area contributed by atoms with Gasteiger partial charge in [-0.2, -0.15) is 0 Å². The number of carbonyl (C=O) groups is 1. The molecule has 3 heterocycles. The van der Waals surface area contributed by atoms with Crippen molar-refractivity contribution in [2.75, 3.05) is 27.9 Å². The highest BCUT2D eigenvalue weighted by atomic mass is 32.1. The Balaban J connectivity index is 1.50. The van der Waals surface area contributed by atoms with Crippen molar-refractivity contribution in [3.05, 3.63) is 53.2 Å². The number of hydrogen-bond donors (Lipinski definition) is 1. The molecule has 0 saturated carbocycles. The molecule has 1 N–H and O–H groups in total. The van der Waals surface area contributed by atoms with Gasteiger partial charge in [0.25, 0.3) is 5.91 Å². The van der Waals surface area contributed by atoms with Crippen LogP contribution in [0, 0.1) is 6.92 Å². The van der Waals surface area contributed by atoms with Gasteiger partial charge >= 0.3 is 0 Å². The van der Waals surface area contributed by atoms with Gasteiger partial charge in [-0.05, 0) is 43.3 Å². The van der Waals surface area contributed by atoms with E-state index in [1.54, 1.807) is 26.4 Å². The number of benzene rings is 1. The third-order valence-electron chi connectivity index (χ3n) is 5.04. The van der Waals surface area contributed by atoms with Gasteiger partial charge in [-0.3, -0.25) is 9.20 Å². The van der Waals surface area contributed by atoms with E-state index in [4.69, 9.17) is 18.9 Å². The minimum atomic E-state index is -1.04. The van der Waals surface area contributed by atoms with E-state index in [-0.39, 0.29) is 12.5 Å². The van der Waals surface area contributed by atoms with Crippen molar-refractivity contribution < 1.29 is 23.7 Å². The normalized spacial score (nSPS) is 20.7. The first-order valence-corrected chi connectivity index (χ1v) is 10.2. The fourth-order valence-electron chi connectivity index (χ4n) is 3.26. The molecule has 4 rings (SSSR count). The maximum atomic E-state index is 12.8. The SMILES string of the molecule is COc1ccc(-c2cn3c(C)c(C(=O)NCC4(OC)C=CC(OC)O4)sc3n2)cc1. The molecule has 0 spiro atoms. The highest BCUT2D eigenvalue weighted by Gasteiger charge is 2.36. The zero-order valence-electron chi connectivity index (χ0n) is 17.2. The Kier molecular flexibility index (Phi) is 5.61. The first kappa shape index (κ1) is 20.5. The second kappa shape index (κ2) is 8.19. The third-order valence-corrected chi connectivity index (χ3v) is 6.20. The van der Waals surface area contributed by atoms with Gasteiger partial charge < -0.3 is 24.3 Å². The maximum absolute atomic E-state index is 12.8. The zero-order valence-corrected chi connectivity index (χ0v) is 18.0. The summed E-state index contributed by atoms with van der Waals surface area (Å²) in [5, 5.41) is 2.89. The number of nitrogens with one attached hydrogen (secondary N) is 1. The summed E-state index contributed by atoms with van der Waals surface area (Å²) in [6.07, 6.45) is 4.94. The Bertz CT molecular complexity index is 1090.